The number of fused-ring (bicyclic) bond motifs is 5. The second kappa shape index (κ2) is 5.17. The second-order valence-corrected chi connectivity index (χ2v) is 5.85. The van der Waals surface area contributed by atoms with Crippen LogP contribution in [0, 0.1) is 5.92 Å². The summed E-state index contributed by atoms with van der Waals surface area (Å²) in [5.74, 6) is 1.54. The summed E-state index contributed by atoms with van der Waals surface area (Å²) < 4.78 is 2.41. The van der Waals surface area contributed by atoms with E-state index in [-0.39, 0.29) is 0 Å². The van der Waals surface area contributed by atoms with Gasteiger partial charge >= 0.3 is 0 Å². The molecule has 0 bridgehead atoms. The summed E-state index contributed by atoms with van der Waals surface area (Å²) in [6.07, 6.45) is 6.05. The molecule has 0 aliphatic heterocycles. The zero-order chi connectivity index (χ0) is 15.1. The van der Waals surface area contributed by atoms with Crippen molar-refractivity contribution in [3.8, 4) is 5.69 Å². The van der Waals surface area contributed by atoms with Gasteiger partial charge in [-0.05, 0) is 48.1 Å². The van der Waals surface area contributed by atoms with Gasteiger partial charge in [0.25, 0.3) is 0 Å². The minimum atomic E-state index is 0.755. The summed E-state index contributed by atoms with van der Waals surface area (Å²) in [5.41, 5.74) is 5.54. The van der Waals surface area contributed by atoms with E-state index < -0.39 is 0 Å². The SMILES string of the molecule is C1=CC2CC2c2c1n(-c1ccccc1)c1ccccc21.CC. The van der Waals surface area contributed by atoms with E-state index in [0.717, 1.165) is 11.8 Å². The Hall–Kier alpha value is -2.28. The molecule has 0 amide bonds. The Morgan fingerprint density at radius 3 is 2.45 bits per heavy atom. The predicted octanol–water partition coefficient (Wildman–Crippen LogP) is 5.79. The van der Waals surface area contributed by atoms with Crippen LogP contribution in [0.25, 0.3) is 22.7 Å². The van der Waals surface area contributed by atoms with Gasteiger partial charge in [-0.2, -0.15) is 0 Å². The highest BCUT2D eigenvalue weighted by Gasteiger charge is 2.42. The average Bonchev–Trinajstić information content (AvgIpc) is 3.31. The number of para-hydroxylation sites is 2. The molecule has 2 aliphatic carbocycles. The molecule has 0 saturated heterocycles. The van der Waals surface area contributed by atoms with E-state index in [4.69, 9.17) is 0 Å². The van der Waals surface area contributed by atoms with Crippen molar-refractivity contribution in [1.82, 2.24) is 4.57 Å². The number of hydrogen-bond acceptors (Lipinski definition) is 0. The van der Waals surface area contributed by atoms with Gasteiger partial charge in [-0.3, -0.25) is 0 Å². The fourth-order valence-corrected chi connectivity index (χ4v) is 3.67. The summed E-state index contributed by atoms with van der Waals surface area (Å²) in [6, 6.07) is 19.5. The Labute approximate surface area is 131 Å². The predicted molar refractivity (Wildman–Crippen MR) is 94.5 cm³/mol. The van der Waals surface area contributed by atoms with Crippen LogP contribution in [0.2, 0.25) is 0 Å². The molecule has 2 unspecified atom stereocenters. The molecule has 5 rings (SSSR count). The van der Waals surface area contributed by atoms with Crippen LogP contribution in [0.4, 0.5) is 0 Å². The lowest BCUT2D eigenvalue weighted by Crippen LogP contribution is -1.99. The van der Waals surface area contributed by atoms with E-state index in [1.54, 1.807) is 5.56 Å². The highest BCUT2D eigenvalue weighted by atomic mass is 15.0. The van der Waals surface area contributed by atoms with Crippen molar-refractivity contribution in [1.29, 1.82) is 0 Å². The second-order valence-electron chi connectivity index (χ2n) is 5.85. The molecule has 2 atom stereocenters. The van der Waals surface area contributed by atoms with E-state index in [1.165, 1.54) is 28.7 Å². The van der Waals surface area contributed by atoms with Crippen molar-refractivity contribution in [3.63, 3.8) is 0 Å². The maximum absolute atomic E-state index is 2.41. The topological polar surface area (TPSA) is 4.93 Å². The first-order valence-electron chi connectivity index (χ1n) is 8.30. The third-order valence-corrected chi connectivity index (χ3v) is 4.68. The van der Waals surface area contributed by atoms with Crippen LogP contribution < -0.4 is 0 Å². The van der Waals surface area contributed by atoms with Crippen molar-refractivity contribution in [3.05, 3.63) is 71.9 Å². The monoisotopic (exact) mass is 287 g/mol. The van der Waals surface area contributed by atoms with E-state index in [2.05, 4.69) is 71.3 Å². The van der Waals surface area contributed by atoms with Crippen LogP contribution >= 0.6 is 0 Å². The molecule has 1 nitrogen and oxygen atoms in total. The lowest BCUT2D eigenvalue weighted by Gasteiger charge is -2.11. The summed E-state index contributed by atoms with van der Waals surface area (Å²) >= 11 is 0. The molecule has 0 spiro atoms. The molecular formula is C21H21N. The lowest BCUT2D eigenvalue weighted by molar-refractivity contribution is 0.976. The van der Waals surface area contributed by atoms with Crippen LogP contribution in [0.5, 0.6) is 0 Å². The lowest BCUT2D eigenvalue weighted by atomic mass is 10.0. The van der Waals surface area contributed by atoms with E-state index in [9.17, 15) is 0 Å². The van der Waals surface area contributed by atoms with Crippen LogP contribution in [-0.4, -0.2) is 4.57 Å². The molecule has 2 aliphatic rings. The molecule has 0 radical (unpaired) electrons. The molecule has 1 saturated carbocycles. The summed E-state index contributed by atoms with van der Waals surface area (Å²) in [7, 11) is 0. The molecule has 0 N–H and O–H groups in total. The van der Waals surface area contributed by atoms with Crippen molar-refractivity contribution in [2.24, 2.45) is 5.92 Å². The molecule has 1 aromatic heterocycles. The fraction of sp³-hybridized carbons (Fsp3) is 0.238. The van der Waals surface area contributed by atoms with Crippen molar-refractivity contribution >= 4 is 17.0 Å². The van der Waals surface area contributed by atoms with Crippen LogP contribution in [-0.2, 0) is 0 Å². The number of aromatic nitrogens is 1. The normalized spacial score (nSPS) is 20.8. The van der Waals surface area contributed by atoms with Gasteiger partial charge in [-0.25, -0.2) is 0 Å². The van der Waals surface area contributed by atoms with Crippen molar-refractivity contribution in [2.75, 3.05) is 0 Å². The van der Waals surface area contributed by atoms with Gasteiger partial charge in [-0.1, -0.05) is 56.3 Å². The highest BCUT2D eigenvalue weighted by Crippen LogP contribution is 2.55. The van der Waals surface area contributed by atoms with Gasteiger partial charge in [0.1, 0.15) is 0 Å². The average molecular weight is 287 g/mol. The summed E-state index contributed by atoms with van der Waals surface area (Å²) in [5, 5.41) is 1.43. The minimum absolute atomic E-state index is 0.755. The third kappa shape index (κ3) is 1.85. The summed E-state index contributed by atoms with van der Waals surface area (Å²) in [4.78, 5) is 0. The zero-order valence-corrected chi connectivity index (χ0v) is 13.2. The molecule has 1 fully saturated rings. The zero-order valence-electron chi connectivity index (χ0n) is 13.2. The number of benzene rings is 2. The van der Waals surface area contributed by atoms with Crippen molar-refractivity contribution in [2.45, 2.75) is 26.2 Å². The Balaban J connectivity index is 0.000000602. The third-order valence-electron chi connectivity index (χ3n) is 4.68. The summed E-state index contributed by atoms with van der Waals surface area (Å²) in [6.45, 7) is 4.00. The number of nitrogens with zero attached hydrogens (tertiary/aromatic N) is 1. The molecule has 1 heteroatoms. The Kier molecular flexibility index (Phi) is 3.15. The first-order valence-corrected chi connectivity index (χ1v) is 8.30. The van der Waals surface area contributed by atoms with Gasteiger partial charge < -0.3 is 4.57 Å². The largest absolute Gasteiger partial charge is 0.310 e. The maximum atomic E-state index is 2.41. The van der Waals surface area contributed by atoms with Gasteiger partial charge in [0.05, 0.1) is 11.2 Å². The van der Waals surface area contributed by atoms with Crippen LogP contribution in [0.15, 0.2) is 60.7 Å². The molecule has 1 heterocycles. The van der Waals surface area contributed by atoms with Gasteiger partial charge in [-0.15, -0.1) is 0 Å². The van der Waals surface area contributed by atoms with Crippen LogP contribution in [0.1, 0.15) is 37.4 Å². The molecule has 110 valence electrons. The van der Waals surface area contributed by atoms with Gasteiger partial charge in [0.15, 0.2) is 0 Å². The molecule has 3 aromatic rings. The van der Waals surface area contributed by atoms with E-state index in [1.807, 2.05) is 13.8 Å². The number of allylic oxidation sites excluding steroid dienone is 1. The highest BCUT2D eigenvalue weighted by molar-refractivity contribution is 5.92. The van der Waals surface area contributed by atoms with Crippen LogP contribution in [0.3, 0.4) is 0 Å². The first kappa shape index (κ1) is 13.4. The minimum Gasteiger partial charge on any atom is -0.310 e. The van der Waals surface area contributed by atoms with Crippen molar-refractivity contribution < 1.29 is 0 Å². The Morgan fingerprint density at radius 2 is 1.64 bits per heavy atom. The first-order chi connectivity index (χ1) is 10.9. The quantitative estimate of drug-likeness (QED) is 0.534. The van der Waals surface area contributed by atoms with Gasteiger partial charge in [0.2, 0.25) is 0 Å². The fourth-order valence-electron chi connectivity index (χ4n) is 3.67. The molecule has 22 heavy (non-hydrogen) atoms. The maximum Gasteiger partial charge on any atom is 0.0537 e. The smallest absolute Gasteiger partial charge is 0.0537 e. The molecule has 2 aromatic carbocycles. The number of hydrogen-bond donors (Lipinski definition) is 0. The standard InChI is InChI=1S/C19H15N.C2H6/c1-2-6-14(7-3-1)20-17-9-5-4-8-15(17)19-16-12-13(16)10-11-18(19)20;1-2/h1-11,13,16H,12H2;1-2H3. The Morgan fingerprint density at radius 1 is 0.909 bits per heavy atom. The van der Waals surface area contributed by atoms with E-state index >= 15 is 0 Å². The number of rotatable bonds is 1. The van der Waals surface area contributed by atoms with E-state index in [0.29, 0.717) is 0 Å². The van der Waals surface area contributed by atoms with Gasteiger partial charge in [0, 0.05) is 11.1 Å². The Bertz CT molecular complexity index is 839. The molecular weight excluding hydrogens is 266 g/mol.